The number of anilines is 1. The van der Waals surface area contributed by atoms with E-state index in [9.17, 15) is 4.21 Å². The maximum Gasteiger partial charge on any atom is 0.192 e. The average Bonchev–Trinajstić information content (AvgIpc) is 3.42. The van der Waals surface area contributed by atoms with Crippen LogP contribution in [-0.2, 0) is 22.3 Å². The summed E-state index contributed by atoms with van der Waals surface area (Å²) in [4.78, 5) is 0. The van der Waals surface area contributed by atoms with Gasteiger partial charge in [-0.25, -0.2) is 4.21 Å². The van der Waals surface area contributed by atoms with Gasteiger partial charge in [0.05, 0.1) is 25.5 Å². The Labute approximate surface area is 178 Å². The van der Waals surface area contributed by atoms with Gasteiger partial charge in [-0.2, -0.15) is 5.10 Å². The van der Waals surface area contributed by atoms with E-state index in [1.54, 1.807) is 20.4 Å². The van der Waals surface area contributed by atoms with Crippen molar-refractivity contribution in [3.63, 3.8) is 0 Å². The molecule has 0 aliphatic heterocycles. The van der Waals surface area contributed by atoms with Gasteiger partial charge in [-0.05, 0) is 42.5 Å². The second-order valence-corrected chi connectivity index (χ2v) is 8.92. The summed E-state index contributed by atoms with van der Waals surface area (Å²) in [6.45, 7) is 0.589. The summed E-state index contributed by atoms with van der Waals surface area (Å²) < 4.78 is 34.4. The number of nitrogens with zero attached hydrogens (tertiary/aromatic N) is 3. The molecule has 3 aromatic rings. The van der Waals surface area contributed by atoms with E-state index in [0.29, 0.717) is 40.8 Å². The minimum absolute atomic E-state index is 0.0284. The van der Waals surface area contributed by atoms with Crippen LogP contribution in [0, 0.1) is 5.92 Å². The van der Waals surface area contributed by atoms with Gasteiger partial charge in [-0.1, -0.05) is 24.4 Å². The lowest BCUT2D eigenvalue weighted by Crippen LogP contribution is -2.32. The molecule has 1 aliphatic carbocycles. The van der Waals surface area contributed by atoms with Crippen LogP contribution in [0.4, 0.5) is 5.82 Å². The molecule has 2 atom stereocenters. The summed E-state index contributed by atoms with van der Waals surface area (Å²) in [6, 6.07) is 5.71. The third-order valence-corrected chi connectivity index (χ3v) is 6.78. The first-order valence-electron chi connectivity index (χ1n) is 10.3. The summed E-state index contributed by atoms with van der Waals surface area (Å²) in [7, 11) is 1.96. The molecule has 1 N–H and O–H groups in total. The Morgan fingerprint density at radius 1 is 1.30 bits per heavy atom. The van der Waals surface area contributed by atoms with Gasteiger partial charge in [0, 0.05) is 19.5 Å². The Bertz CT molecular complexity index is 982. The molecule has 9 heteroatoms. The topological polar surface area (TPSA) is 91.4 Å². The van der Waals surface area contributed by atoms with Crippen LogP contribution in [0.2, 0.25) is 0 Å². The molecular formula is C21H28N4O4S. The summed E-state index contributed by atoms with van der Waals surface area (Å²) in [5.74, 6) is 1.91. The molecule has 1 aromatic carbocycles. The van der Waals surface area contributed by atoms with E-state index in [-0.39, 0.29) is 6.10 Å². The average molecular weight is 433 g/mol. The van der Waals surface area contributed by atoms with E-state index in [4.69, 9.17) is 14.0 Å². The predicted molar refractivity (Wildman–Crippen MR) is 116 cm³/mol. The van der Waals surface area contributed by atoms with Crippen LogP contribution in [0.25, 0.3) is 11.0 Å². The molecule has 2 heterocycles. The van der Waals surface area contributed by atoms with Gasteiger partial charge in [0.15, 0.2) is 11.4 Å². The van der Waals surface area contributed by atoms with E-state index < -0.39 is 11.0 Å². The highest BCUT2D eigenvalue weighted by Gasteiger charge is 2.26. The molecule has 0 saturated heterocycles. The van der Waals surface area contributed by atoms with E-state index in [0.717, 1.165) is 18.4 Å². The molecule has 0 amide bonds. The molecule has 2 unspecified atom stereocenters. The van der Waals surface area contributed by atoms with Gasteiger partial charge in [0.2, 0.25) is 0 Å². The van der Waals surface area contributed by atoms with Crippen molar-refractivity contribution in [2.45, 2.75) is 44.8 Å². The number of nitrogens with one attached hydrogen (secondary N) is 1. The molecule has 30 heavy (non-hydrogen) atoms. The zero-order valence-corrected chi connectivity index (χ0v) is 18.2. The summed E-state index contributed by atoms with van der Waals surface area (Å²) in [5.41, 5.74) is 1.55. The number of hydrogen-bond acceptors (Lipinski definition) is 6. The van der Waals surface area contributed by atoms with Crippen molar-refractivity contribution in [2.75, 3.05) is 24.7 Å². The fraction of sp³-hybridized carbons (Fsp3) is 0.524. The smallest absolute Gasteiger partial charge is 0.192 e. The molecule has 2 aromatic heterocycles. The molecular weight excluding hydrogens is 404 g/mol. The van der Waals surface area contributed by atoms with E-state index >= 15 is 0 Å². The van der Waals surface area contributed by atoms with Crippen LogP contribution in [0.15, 0.2) is 35.1 Å². The first-order valence-corrected chi connectivity index (χ1v) is 11.6. The van der Waals surface area contributed by atoms with Crippen molar-refractivity contribution in [1.82, 2.24) is 14.9 Å². The summed E-state index contributed by atoms with van der Waals surface area (Å²) in [5, 5.41) is 9.02. The van der Waals surface area contributed by atoms with Crippen LogP contribution >= 0.6 is 0 Å². The highest BCUT2D eigenvalue weighted by atomic mass is 32.2. The van der Waals surface area contributed by atoms with Crippen LogP contribution in [0.1, 0.15) is 37.7 Å². The number of aromatic nitrogens is 3. The first kappa shape index (κ1) is 20.9. The normalized spacial score (nSPS) is 17.1. The van der Waals surface area contributed by atoms with Crippen LogP contribution < -0.4 is 9.46 Å². The van der Waals surface area contributed by atoms with E-state index in [1.807, 2.05) is 29.1 Å². The molecule has 0 spiro atoms. The Kier molecular flexibility index (Phi) is 6.69. The van der Waals surface area contributed by atoms with Gasteiger partial charge >= 0.3 is 0 Å². The fourth-order valence-electron chi connectivity index (χ4n) is 4.19. The SMILES string of the molecule is COc1cc(Cn2cccn2)cc2onc(NS(=O)CC(OC)C3CCCCC3)c12. The number of rotatable bonds is 9. The van der Waals surface area contributed by atoms with Gasteiger partial charge in [0.1, 0.15) is 22.1 Å². The predicted octanol–water partition coefficient (Wildman–Crippen LogP) is 3.75. The minimum atomic E-state index is -1.35. The van der Waals surface area contributed by atoms with Crippen molar-refractivity contribution in [3.8, 4) is 5.75 Å². The summed E-state index contributed by atoms with van der Waals surface area (Å²) in [6.07, 6.45) is 9.59. The van der Waals surface area contributed by atoms with E-state index in [1.165, 1.54) is 19.3 Å². The Morgan fingerprint density at radius 2 is 2.13 bits per heavy atom. The number of hydrogen-bond donors (Lipinski definition) is 1. The maximum atomic E-state index is 12.8. The third-order valence-electron chi connectivity index (χ3n) is 5.73. The number of ether oxygens (including phenoxy) is 2. The van der Waals surface area contributed by atoms with Gasteiger partial charge < -0.3 is 14.0 Å². The standard InChI is InChI=1S/C21H28N4O4S/c1-27-17-11-15(13-25-10-6-9-22-25)12-18-20(17)21(23-29-18)24-30(26)14-19(28-2)16-7-4-3-5-8-16/h6,9-12,16,19H,3-5,7-8,13-14H2,1-2H3,(H,23,24). The molecule has 162 valence electrons. The molecule has 8 nitrogen and oxygen atoms in total. The quantitative estimate of drug-likeness (QED) is 0.554. The second-order valence-electron chi connectivity index (χ2n) is 7.69. The zero-order valence-electron chi connectivity index (χ0n) is 17.4. The summed E-state index contributed by atoms with van der Waals surface area (Å²) >= 11 is 0. The lowest BCUT2D eigenvalue weighted by Gasteiger charge is -2.28. The lowest BCUT2D eigenvalue weighted by molar-refractivity contribution is 0.0537. The molecule has 1 aliphatic rings. The lowest BCUT2D eigenvalue weighted by atomic mass is 9.86. The number of fused-ring (bicyclic) bond motifs is 1. The Balaban J connectivity index is 1.50. The molecule has 1 saturated carbocycles. The van der Waals surface area contributed by atoms with Crippen LogP contribution in [0.3, 0.4) is 0 Å². The first-order chi connectivity index (χ1) is 14.7. The second kappa shape index (κ2) is 9.61. The van der Waals surface area contributed by atoms with Gasteiger partial charge in [-0.15, -0.1) is 0 Å². The molecule has 0 bridgehead atoms. The fourth-order valence-corrected chi connectivity index (χ4v) is 5.34. The van der Waals surface area contributed by atoms with E-state index in [2.05, 4.69) is 15.0 Å². The highest BCUT2D eigenvalue weighted by molar-refractivity contribution is 7.86. The van der Waals surface area contributed by atoms with Crippen LogP contribution in [-0.4, -0.2) is 45.2 Å². The van der Waals surface area contributed by atoms with Crippen molar-refractivity contribution >= 4 is 27.8 Å². The monoisotopic (exact) mass is 432 g/mol. The largest absolute Gasteiger partial charge is 0.496 e. The van der Waals surface area contributed by atoms with Crippen molar-refractivity contribution in [1.29, 1.82) is 0 Å². The van der Waals surface area contributed by atoms with Gasteiger partial charge in [-0.3, -0.25) is 9.40 Å². The minimum Gasteiger partial charge on any atom is -0.496 e. The zero-order chi connectivity index (χ0) is 20.9. The van der Waals surface area contributed by atoms with Gasteiger partial charge in [0.25, 0.3) is 0 Å². The van der Waals surface area contributed by atoms with Crippen LogP contribution in [0.5, 0.6) is 5.75 Å². The Hall–Kier alpha value is -2.39. The maximum absolute atomic E-state index is 12.8. The van der Waals surface area contributed by atoms with Crippen molar-refractivity contribution < 1.29 is 18.2 Å². The number of methoxy groups -OCH3 is 2. The number of benzene rings is 1. The molecule has 0 radical (unpaired) electrons. The third kappa shape index (κ3) is 4.67. The molecule has 1 fully saturated rings. The Morgan fingerprint density at radius 3 is 2.83 bits per heavy atom. The molecule has 4 rings (SSSR count). The highest BCUT2D eigenvalue weighted by Crippen LogP contribution is 2.34. The van der Waals surface area contributed by atoms with Crippen molar-refractivity contribution in [2.24, 2.45) is 5.92 Å². The van der Waals surface area contributed by atoms with Crippen molar-refractivity contribution in [3.05, 3.63) is 36.2 Å².